The van der Waals surface area contributed by atoms with Crippen LogP contribution in [0.4, 0.5) is 0 Å². The maximum Gasteiger partial charge on any atom is 0.234 e. The van der Waals surface area contributed by atoms with Crippen molar-refractivity contribution in [1.82, 2.24) is 10.2 Å². The largest absolute Gasteiger partial charge is 0.353 e. The summed E-state index contributed by atoms with van der Waals surface area (Å²) >= 11 is 0. The van der Waals surface area contributed by atoms with Gasteiger partial charge in [0.2, 0.25) is 5.91 Å². The molecule has 0 aromatic carbocycles. The van der Waals surface area contributed by atoms with Gasteiger partial charge in [-0.1, -0.05) is 13.3 Å². The smallest absolute Gasteiger partial charge is 0.234 e. The molecule has 3 N–H and O–H groups in total. The molecule has 2 unspecified atom stereocenters. The number of carbonyl (C=O) groups is 1. The first-order valence-corrected chi connectivity index (χ1v) is 7.30. The Balaban J connectivity index is 2.22. The Labute approximate surface area is 111 Å². The fourth-order valence-corrected chi connectivity index (χ4v) is 2.67. The van der Waals surface area contributed by atoms with E-state index < -0.39 is 0 Å². The van der Waals surface area contributed by atoms with Crippen LogP contribution in [0.15, 0.2) is 0 Å². The molecule has 1 aliphatic heterocycles. The number of hydrogen-bond acceptors (Lipinski definition) is 3. The van der Waals surface area contributed by atoms with E-state index in [0.29, 0.717) is 18.5 Å². The molecule has 0 aromatic heterocycles. The van der Waals surface area contributed by atoms with E-state index in [9.17, 15) is 4.79 Å². The Bertz CT molecular complexity index is 247. The molecule has 4 heteroatoms. The second kappa shape index (κ2) is 7.74. The molecular weight excluding hydrogens is 226 g/mol. The van der Waals surface area contributed by atoms with Crippen molar-refractivity contribution in [1.29, 1.82) is 0 Å². The van der Waals surface area contributed by atoms with Gasteiger partial charge in [0, 0.05) is 12.1 Å². The summed E-state index contributed by atoms with van der Waals surface area (Å²) in [5.41, 5.74) is 5.92. The van der Waals surface area contributed by atoms with E-state index in [1.165, 1.54) is 0 Å². The van der Waals surface area contributed by atoms with Crippen molar-refractivity contribution in [2.24, 2.45) is 11.7 Å². The van der Waals surface area contributed by atoms with E-state index in [1.807, 2.05) is 0 Å². The third kappa shape index (κ3) is 5.36. The van der Waals surface area contributed by atoms with Crippen LogP contribution in [0.3, 0.4) is 0 Å². The van der Waals surface area contributed by atoms with Crippen molar-refractivity contribution < 1.29 is 4.79 Å². The molecule has 0 aliphatic carbocycles. The van der Waals surface area contributed by atoms with Crippen LogP contribution in [-0.4, -0.2) is 42.5 Å². The lowest BCUT2D eigenvalue weighted by atomic mass is 9.91. The number of nitrogens with one attached hydrogen (secondary N) is 1. The number of nitrogens with zero attached hydrogens (tertiary/aromatic N) is 1. The van der Waals surface area contributed by atoms with Crippen LogP contribution in [0.25, 0.3) is 0 Å². The van der Waals surface area contributed by atoms with Crippen LogP contribution in [0, 0.1) is 5.92 Å². The van der Waals surface area contributed by atoms with E-state index in [1.54, 1.807) is 0 Å². The number of carbonyl (C=O) groups excluding carboxylic acids is 1. The van der Waals surface area contributed by atoms with Gasteiger partial charge in [-0.2, -0.15) is 0 Å². The Kier molecular flexibility index (Phi) is 6.65. The normalized spacial score (nSPS) is 21.6. The third-order valence-electron chi connectivity index (χ3n) is 3.87. The second-order valence-corrected chi connectivity index (χ2v) is 5.73. The summed E-state index contributed by atoms with van der Waals surface area (Å²) in [6, 6.07) is 0.578. The first kappa shape index (κ1) is 15.4. The third-order valence-corrected chi connectivity index (χ3v) is 3.87. The zero-order valence-electron chi connectivity index (χ0n) is 12.1. The topological polar surface area (TPSA) is 58.4 Å². The molecule has 0 aromatic rings. The predicted octanol–water partition coefficient (Wildman–Crippen LogP) is 1.35. The Morgan fingerprint density at radius 1 is 1.39 bits per heavy atom. The van der Waals surface area contributed by atoms with E-state index in [0.717, 1.165) is 38.8 Å². The summed E-state index contributed by atoms with van der Waals surface area (Å²) in [4.78, 5) is 14.1. The fraction of sp³-hybridized carbons (Fsp3) is 0.929. The zero-order chi connectivity index (χ0) is 13.5. The lowest BCUT2D eigenvalue weighted by Crippen LogP contribution is -2.45. The number of piperidine rings is 1. The van der Waals surface area contributed by atoms with Crippen LogP contribution in [0.1, 0.15) is 46.5 Å². The highest BCUT2D eigenvalue weighted by Crippen LogP contribution is 2.19. The van der Waals surface area contributed by atoms with Gasteiger partial charge in [-0.3, -0.25) is 9.69 Å². The summed E-state index contributed by atoms with van der Waals surface area (Å²) < 4.78 is 0. The van der Waals surface area contributed by atoms with Gasteiger partial charge in [-0.05, 0) is 52.1 Å². The molecule has 1 amide bonds. The van der Waals surface area contributed by atoms with Crippen molar-refractivity contribution >= 4 is 5.91 Å². The minimum Gasteiger partial charge on any atom is -0.353 e. The number of rotatable bonds is 6. The summed E-state index contributed by atoms with van der Waals surface area (Å²) in [5, 5.41) is 3.06. The minimum atomic E-state index is 0.162. The quantitative estimate of drug-likeness (QED) is 0.753. The summed E-state index contributed by atoms with van der Waals surface area (Å²) in [6.45, 7) is 8.84. The molecule has 0 radical (unpaired) electrons. The van der Waals surface area contributed by atoms with E-state index in [-0.39, 0.29) is 11.9 Å². The van der Waals surface area contributed by atoms with Crippen LogP contribution < -0.4 is 11.1 Å². The molecule has 1 heterocycles. The molecule has 1 saturated heterocycles. The standard InChI is InChI=1S/C14H29N3O/c1-4-5-11(2)16-14(18)10-17-8-6-13(7-9-17)12(3)15/h11-13H,4-10,15H2,1-3H3,(H,16,18). The number of hydrogen-bond donors (Lipinski definition) is 2. The number of nitrogens with two attached hydrogens (primary N) is 1. The van der Waals surface area contributed by atoms with Crippen LogP contribution in [0.2, 0.25) is 0 Å². The molecule has 0 bridgehead atoms. The Morgan fingerprint density at radius 2 is 2.00 bits per heavy atom. The molecule has 18 heavy (non-hydrogen) atoms. The maximum absolute atomic E-state index is 11.8. The number of amides is 1. The van der Waals surface area contributed by atoms with E-state index in [2.05, 4.69) is 31.0 Å². The first-order chi connectivity index (χ1) is 8.52. The lowest BCUT2D eigenvalue weighted by Gasteiger charge is -2.33. The Morgan fingerprint density at radius 3 is 2.50 bits per heavy atom. The van der Waals surface area contributed by atoms with Crippen LogP contribution >= 0.6 is 0 Å². The molecular formula is C14H29N3O. The van der Waals surface area contributed by atoms with Crippen molar-refractivity contribution in [2.45, 2.75) is 58.5 Å². The van der Waals surface area contributed by atoms with Gasteiger partial charge >= 0.3 is 0 Å². The molecule has 106 valence electrons. The van der Waals surface area contributed by atoms with Gasteiger partial charge in [-0.15, -0.1) is 0 Å². The highest BCUT2D eigenvalue weighted by atomic mass is 16.2. The summed E-state index contributed by atoms with van der Waals surface area (Å²) in [7, 11) is 0. The van der Waals surface area contributed by atoms with Crippen LogP contribution in [0.5, 0.6) is 0 Å². The lowest BCUT2D eigenvalue weighted by molar-refractivity contribution is -0.123. The molecule has 0 spiro atoms. The van der Waals surface area contributed by atoms with Gasteiger partial charge in [0.15, 0.2) is 0 Å². The van der Waals surface area contributed by atoms with Gasteiger partial charge in [0.25, 0.3) is 0 Å². The van der Waals surface area contributed by atoms with Gasteiger partial charge in [-0.25, -0.2) is 0 Å². The average molecular weight is 255 g/mol. The zero-order valence-corrected chi connectivity index (χ0v) is 12.1. The van der Waals surface area contributed by atoms with Crippen molar-refractivity contribution in [3.8, 4) is 0 Å². The minimum absolute atomic E-state index is 0.162. The second-order valence-electron chi connectivity index (χ2n) is 5.73. The molecule has 1 rings (SSSR count). The molecule has 0 saturated carbocycles. The highest BCUT2D eigenvalue weighted by molar-refractivity contribution is 5.78. The molecule has 4 nitrogen and oxygen atoms in total. The molecule has 1 aliphatic rings. The monoisotopic (exact) mass is 255 g/mol. The maximum atomic E-state index is 11.8. The molecule has 1 fully saturated rings. The Hall–Kier alpha value is -0.610. The number of likely N-dealkylation sites (tertiary alicyclic amines) is 1. The van der Waals surface area contributed by atoms with E-state index >= 15 is 0 Å². The molecule has 2 atom stereocenters. The average Bonchev–Trinajstić information content (AvgIpc) is 2.29. The van der Waals surface area contributed by atoms with Gasteiger partial charge in [0.05, 0.1) is 6.54 Å². The van der Waals surface area contributed by atoms with Crippen molar-refractivity contribution in [2.75, 3.05) is 19.6 Å². The highest BCUT2D eigenvalue weighted by Gasteiger charge is 2.23. The summed E-state index contributed by atoms with van der Waals surface area (Å²) in [6.07, 6.45) is 4.41. The fourth-order valence-electron chi connectivity index (χ4n) is 2.67. The van der Waals surface area contributed by atoms with Gasteiger partial charge in [0.1, 0.15) is 0 Å². The predicted molar refractivity (Wildman–Crippen MR) is 75.3 cm³/mol. The first-order valence-electron chi connectivity index (χ1n) is 7.30. The van der Waals surface area contributed by atoms with Gasteiger partial charge < -0.3 is 11.1 Å². The van der Waals surface area contributed by atoms with Crippen molar-refractivity contribution in [3.05, 3.63) is 0 Å². The van der Waals surface area contributed by atoms with E-state index in [4.69, 9.17) is 5.73 Å². The SMILES string of the molecule is CCCC(C)NC(=O)CN1CCC(C(C)N)CC1. The van der Waals surface area contributed by atoms with Crippen molar-refractivity contribution in [3.63, 3.8) is 0 Å². The van der Waals surface area contributed by atoms with Crippen LogP contribution in [-0.2, 0) is 4.79 Å². The summed E-state index contributed by atoms with van der Waals surface area (Å²) in [5.74, 6) is 0.790.